The van der Waals surface area contributed by atoms with Crippen LogP contribution in [-0.4, -0.2) is 57.5 Å². The topological polar surface area (TPSA) is 146 Å². The summed E-state index contributed by atoms with van der Waals surface area (Å²) >= 11 is 0. The van der Waals surface area contributed by atoms with Crippen LogP contribution in [0.5, 0.6) is 0 Å². The number of rotatable bonds is 10. The number of H-pyrrole nitrogens is 1. The van der Waals surface area contributed by atoms with Crippen LogP contribution in [-0.2, 0) is 20.8 Å². The number of aromatic nitrogens is 1. The molecule has 2 aromatic rings. The summed E-state index contributed by atoms with van der Waals surface area (Å²) in [5.41, 5.74) is 7.19. The van der Waals surface area contributed by atoms with Crippen LogP contribution in [0.15, 0.2) is 30.5 Å². The fourth-order valence-corrected chi connectivity index (χ4v) is 4.11. The van der Waals surface area contributed by atoms with Gasteiger partial charge >= 0.3 is 0 Å². The number of carbonyl (C=O) groups is 3. The maximum atomic E-state index is 13.1. The Hall–Kier alpha value is -2.55. The maximum absolute atomic E-state index is 13.1. The van der Waals surface area contributed by atoms with Crippen molar-refractivity contribution in [3.05, 3.63) is 36.0 Å². The zero-order valence-electron chi connectivity index (χ0n) is 17.0. The molecule has 1 aromatic carbocycles. The summed E-state index contributed by atoms with van der Waals surface area (Å²) in [5.74, 6) is -2.81. The maximum Gasteiger partial charge on any atom is 0.223 e. The molecule has 1 aliphatic rings. The predicted molar refractivity (Wildman–Crippen MR) is 112 cm³/mol. The van der Waals surface area contributed by atoms with Crippen LogP contribution in [0.1, 0.15) is 31.7 Å². The fourth-order valence-electron chi connectivity index (χ4n) is 4.11. The molecule has 0 radical (unpaired) electrons. The van der Waals surface area contributed by atoms with Crippen LogP contribution >= 0.6 is 0 Å². The van der Waals surface area contributed by atoms with Gasteiger partial charge in [-0.15, -0.1) is 0 Å². The lowest BCUT2D eigenvalue weighted by atomic mass is 9.83. The van der Waals surface area contributed by atoms with Crippen molar-refractivity contribution in [3.8, 4) is 0 Å². The van der Waals surface area contributed by atoms with Crippen LogP contribution in [0.2, 0.25) is 0 Å². The number of aliphatic hydroxyl groups is 2. The van der Waals surface area contributed by atoms with Gasteiger partial charge in [0.15, 0.2) is 5.78 Å². The molecule has 1 amide bonds. The minimum atomic E-state index is -1.05. The van der Waals surface area contributed by atoms with Crippen molar-refractivity contribution in [1.29, 1.82) is 0 Å². The summed E-state index contributed by atoms with van der Waals surface area (Å²) in [5, 5.41) is 23.5. The van der Waals surface area contributed by atoms with Gasteiger partial charge in [0, 0.05) is 42.4 Å². The molecule has 1 saturated heterocycles. The van der Waals surface area contributed by atoms with Crippen molar-refractivity contribution in [2.45, 2.75) is 50.9 Å². The lowest BCUT2D eigenvalue weighted by Crippen LogP contribution is -2.37. The highest BCUT2D eigenvalue weighted by atomic mass is 16.3. The molecule has 0 unspecified atom stereocenters. The number of benzene rings is 1. The molecular formula is C22H29N3O5. The van der Waals surface area contributed by atoms with Gasteiger partial charge in [-0.1, -0.05) is 18.2 Å². The molecule has 0 aliphatic carbocycles. The average molecular weight is 415 g/mol. The predicted octanol–water partition coefficient (Wildman–Crippen LogP) is 0.450. The quantitative estimate of drug-likeness (QED) is 0.381. The molecule has 1 fully saturated rings. The van der Waals surface area contributed by atoms with Gasteiger partial charge in [-0.2, -0.15) is 0 Å². The highest BCUT2D eigenvalue weighted by molar-refractivity contribution is 5.93. The Morgan fingerprint density at radius 1 is 1.23 bits per heavy atom. The summed E-state index contributed by atoms with van der Waals surface area (Å²) in [6, 6.07) is 7.21. The number of hydrogen-bond donors (Lipinski definition) is 5. The molecule has 3 rings (SSSR count). The number of nitrogens with one attached hydrogen (secondary N) is 2. The van der Waals surface area contributed by atoms with Gasteiger partial charge in [-0.3, -0.25) is 14.4 Å². The lowest BCUT2D eigenvalue weighted by Gasteiger charge is -2.21. The highest BCUT2D eigenvalue weighted by Gasteiger charge is 2.34. The average Bonchev–Trinajstić information content (AvgIpc) is 3.31. The van der Waals surface area contributed by atoms with Gasteiger partial charge in [0.25, 0.3) is 0 Å². The third kappa shape index (κ3) is 5.13. The first-order valence-electron chi connectivity index (χ1n) is 10.3. The summed E-state index contributed by atoms with van der Waals surface area (Å²) < 4.78 is 0. The highest BCUT2D eigenvalue weighted by Crippen LogP contribution is 2.26. The second kappa shape index (κ2) is 9.51. The number of hydrogen-bond acceptors (Lipinski definition) is 6. The Morgan fingerprint density at radius 2 is 1.97 bits per heavy atom. The standard InChI is InChI=1S/C22H29N3O5/c1-12(26)17(22(23)30)9-20(28)13(7-21(29)19-8-15(27)11-25-19)6-14-10-24-18-5-3-2-4-16(14)18/h2-5,10,12-13,15,17,19,24-27H,6-9,11H2,1H3,(H2,23,30)/t12-,13-,15-,17+,19+/m1/s1. The van der Waals surface area contributed by atoms with Crippen LogP contribution in [0.4, 0.5) is 0 Å². The number of ketones is 2. The van der Waals surface area contributed by atoms with Crippen molar-refractivity contribution >= 4 is 28.4 Å². The number of β-amino-alcohol motifs (C(OH)–C–C–N with tert-alkyl or cyclic N) is 1. The minimum absolute atomic E-state index is 0.00593. The summed E-state index contributed by atoms with van der Waals surface area (Å²) in [7, 11) is 0. The van der Waals surface area contributed by atoms with E-state index in [0.717, 1.165) is 16.5 Å². The monoisotopic (exact) mass is 415 g/mol. The van der Waals surface area contributed by atoms with E-state index >= 15 is 0 Å². The van der Waals surface area contributed by atoms with Crippen molar-refractivity contribution in [1.82, 2.24) is 10.3 Å². The Bertz CT molecular complexity index is 922. The minimum Gasteiger partial charge on any atom is -0.393 e. The van der Waals surface area contributed by atoms with E-state index in [1.165, 1.54) is 6.92 Å². The summed E-state index contributed by atoms with van der Waals surface area (Å²) in [4.78, 5) is 40.7. The summed E-state index contributed by atoms with van der Waals surface area (Å²) in [6.07, 6.45) is 0.633. The van der Waals surface area contributed by atoms with Gasteiger partial charge in [-0.05, 0) is 31.4 Å². The molecule has 8 nitrogen and oxygen atoms in total. The largest absolute Gasteiger partial charge is 0.393 e. The Balaban J connectivity index is 1.81. The molecule has 30 heavy (non-hydrogen) atoms. The van der Waals surface area contributed by atoms with Gasteiger partial charge < -0.3 is 26.2 Å². The smallest absolute Gasteiger partial charge is 0.223 e. The first kappa shape index (κ1) is 22.1. The van der Waals surface area contributed by atoms with Crippen molar-refractivity contribution < 1.29 is 24.6 Å². The van der Waals surface area contributed by atoms with Gasteiger partial charge in [0.1, 0.15) is 5.78 Å². The number of aromatic amines is 1. The van der Waals surface area contributed by atoms with Crippen LogP contribution in [0.3, 0.4) is 0 Å². The van der Waals surface area contributed by atoms with Gasteiger partial charge in [-0.25, -0.2) is 0 Å². The van der Waals surface area contributed by atoms with Crippen LogP contribution in [0.25, 0.3) is 10.9 Å². The zero-order valence-corrected chi connectivity index (χ0v) is 17.0. The molecule has 0 saturated carbocycles. The van der Waals surface area contributed by atoms with Gasteiger partial charge in [0.2, 0.25) is 5.91 Å². The summed E-state index contributed by atoms with van der Waals surface area (Å²) in [6.45, 7) is 1.77. The molecular weight excluding hydrogens is 386 g/mol. The molecule has 162 valence electrons. The van der Waals surface area contributed by atoms with E-state index in [9.17, 15) is 24.6 Å². The number of Topliss-reactive ketones (excluding diaryl/α,β-unsaturated/α-hetero) is 2. The Labute approximate surface area is 174 Å². The molecule has 0 spiro atoms. The first-order chi connectivity index (χ1) is 14.3. The molecule has 8 heteroatoms. The lowest BCUT2D eigenvalue weighted by molar-refractivity contribution is -0.133. The first-order valence-corrected chi connectivity index (χ1v) is 10.3. The van der Waals surface area contributed by atoms with E-state index in [-0.39, 0.29) is 24.4 Å². The van der Waals surface area contributed by atoms with E-state index in [4.69, 9.17) is 5.73 Å². The number of para-hydroxylation sites is 1. The Morgan fingerprint density at radius 3 is 2.60 bits per heavy atom. The molecule has 5 atom stereocenters. The molecule has 2 heterocycles. The number of aliphatic hydroxyl groups excluding tert-OH is 2. The SMILES string of the molecule is C[C@@H](O)[C@H](CC(=O)[C@@H](CC(=O)[C@@H]1C[C@@H](O)CN1)Cc1c[nH]c2ccccc12)C(N)=O. The molecule has 1 aromatic heterocycles. The van der Waals surface area contributed by atoms with Crippen molar-refractivity contribution in [3.63, 3.8) is 0 Å². The zero-order chi connectivity index (χ0) is 21.8. The van der Waals surface area contributed by atoms with Crippen LogP contribution in [0, 0.1) is 11.8 Å². The third-order valence-corrected chi connectivity index (χ3v) is 5.91. The van der Waals surface area contributed by atoms with E-state index in [0.29, 0.717) is 19.4 Å². The number of nitrogens with two attached hydrogens (primary N) is 1. The van der Waals surface area contributed by atoms with E-state index in [1.54, 1.807) is 0 Å². The second-order valence-electron chi connectivity index (χ2n) is 8.20. The van der Waals surface area contributed by atoms with Crippen LogP contribution < -0.4 is 11.1 Å². The Kier molecular flexibility index (Phi) is 7.02. The molecule has 0 bridgehead atoms. The van der Waals surface area contributed by atoms with E-state index < -0.39 is 36.0 Å². The number of primary amides is 1. The molecule has 6 N–H and O–H groups in total. The second-order valence-corrected chi connectivity index (χ2v) is 8.20. The van der Waals surface area contributed by atoms with Crippen molar-refractivity contribution in [2.75, 3.05) is 6.54 Å². The van der Waals surface area contributed by atoms with Gasteiger partial charge in [0.05, 0.1) is 24.2 Å². The van der Waals surface area contributed by atoms with E-state index in [1.807, 2.05) is 30.5 Å². The fraction of sp³-hybridized carbons (Fsp3) is 0.500. The van der Waals surface area contributed by atoms with Crippen molar-refractivity contribution in [2.24, 2.45) is 17.6 Å². The molecule has 1 aliphatic heterocycles. The number of carbonyl (C=O) groups excluding carboxylic acids is 3. The van der Waals surface area contributed by atoms with E-state index in [2.05, 4.69) is 10.3 Å². The third-order valence-electron chi connectivity index (χ3n) is 5.91. The number of fused-ring (bicyclic) bond motifs is 1. The number of amides is 1. The normalized spacial score (nSPS) is 22.0.